The van der Waals surface area contributed by atoms with Crippen LogP contribution in [0, 0.1) is 0 Å². The van der Waals surface area contributed by atoms with Crippen LogP contribution in [-0.2, 0) is 0 Å². The Morgan fingerprint density at radius 3 is 2.76 bits per heavy atom. The Hall–Kier alpha value is -3.15. The number of aromatic carboxylic acids is 1. The molecule has 6 nitrogen and oxygen atoms in total. The molecule has 0 unspecified atom stereocenters. The average Bonchev–Trinajstić information content (AvgIpc) is 2.90. The molecule has 104 valence electrons. The molecule has 0 atom stereocenters. The van der Waals surface area contributed by atoms with E-state index in [0.717, 1.165) is 5.52 Å². The highest BCUT2D eigenvalue weighted by Crippen LogP contribution is 2.17. The molecule has 0 saturated heterocycles. The maximum absolute atomic E-state index is 12.5. The number of carboxylic acids is 1. The Kier molecular flexibility index (Phi) is 2.91. The van der Waals surface area contributed by atoms with Crippen LogP contribution in [0.3, 0.4) is 0 Å². The minimum atomic E-state index is -1.17. The van der Waals surface area contributed by atoms with E-state index in [-0.39, 0.29) is 28.4 Å². The molecule has 0 aliphatic rings. The normalized spacial score (nSPS) is 10.7. The number of rotatable bonds is 3. The number of nitrogen functional groups attached to an aromatic ring is 1. The second-order valence-corrected chi connectivity index (χ2v) is 4.51. The lowest BCUT2D eigenvalue weighted by molar-refractivity contribution is 0.0698. The van der Waals surface area contributed by atoms with Gasteiger partial charge in [-0.05, 0) is 30.3 Å². The van der Waals surface area contributed by atoms with E-state index in [0.29, 0.717) is 0 Å². The van der Waals surface area contributed by atoms with E-state index < -0.39 is 5.97 Å². The Labute approximate surface area is 119 Å². The Bertz CT molecular complexity index is 867. The maximum Gasteiger partial charge on any atom is 0.337 e. The molecule has 0 aliphatic carbocycles. The fraction of sp³-hybridized carbons (Fsp3) is 0. The zero-order chi connectivity index (χ0) is 15.0. The highest BCUT2D eigenvalue weighted by Gasteiger charge is 2.18. The molecule has 3 aromatic rings. The number of hydrogen-bond acceptors (Lipinski definition) is 4. The number of aromatic nitrogens is 2. The quantitative estimate of drug-likeness (QED) is 0.564. The molecule has 2 heterocycles. The number of carboxylic acid groups (broad SMARTS) is 1. The maximum atomic E-state index is 12.5. The number of imidazole rings is 1. The molecule has 1 aromatic carbocycles. The zero-order valence-electron chi connectivity index (χ0n) is 10.9. The van der Waals surface area contributed by atoms with Crippen molar-refractivity contribution in [1.29, 1.82) is 0 Å². The van der Waals surface area contributed by atoms with Crippen molar-refractivity contribution in [3.63, 3.8) is 0 Å². The first-order valence-corrected chi connectivity index (χ1v) is 6.17. The highest BCUT2D eigenvalue weighted by atomic mass is 16.4. The molecule has 0 saturated carbocycles. The predicted octanol–water partition coefficient (Wildman–Crippen LogP) is 1.85. The number of fused-ring (bicyclic) bond motifs is 1. The summed E-state index contributed by atoms with van der Waals surface area (Å²) in [5, 5.41) is 9.06. The molecule has 0 spiro atoms. The number of nitrogens with two attached hydrogens (primary N) is 1. The summed E-state index contributed by atoms with van der Waals surface area (Å²) in [5.74, 6) is -1.30. The van der Waals surface area contributed by atoms with E-state index in [9.17, 15) is 9.59 Å². The first kappa shape index (κ1) is 12.9. The summed E-state index contributed by atoms with van der Waals surface area (Å²) >= 11 is 0. The average molecular weight is 281 g/mol. The molecule has 0 bridgehead atoms. The third-order valence-electron chi connectivity index (χ3n) is 3.19. The van der Waals surface area contributed by atoms with E-state index in [4.69, 9.17) is 10.8 Å². The number of ketones is 1. The zero-order valence-corrected chi connectivity index (χ0v) is 10.9. The minimum Gasteiger partial charge on any atom is -0.478 e. The molecular weight excluding hydrogens is 270 g/mol. The standard InChI is InChI=1S/C15H11N3O3/c16-12-5-4-9(7-11(12)15(20)21)13(19)14-17-8-10-3-1-2-6-18(10)14/h1-8H,16H2,(H,20,21). The van der Waals surface area contributed by atoms with Crippen LogP contribution in [0.4, 0.5) is 5.69 Å². The van der Waals surface area contributed by atoms with Crippen LogP contribution < -0.4 is 5.73 Å². The van der Waals surface area contributed by atoms with Crippen LogP contribution in [-0.4, -0.2) is 26.2 Å². The van der Waals surface area contributed by atoms with E-state index in [1.54, 1.807) is 22.9 Å². The van der Waals surface area contributed by atoms with Crippen LogP contribution >= 0.6 is 0 Å². The van der Waals surface area contributed by atoms with Crippen molar-refractivity contribution in [2.75, 3.05) is 5.73 Å². The van der Waals surface area contributed by atoms with Crippen LogP contribution in [0.5, 0.6) is 0 Å². The second kappa shape index (κ2) is 4.75. The Morgan fingerprint density at radius 2 is 2.00 bits per heavy atom. The van der Waals surface area contributed by atoms with Gasteiger partial charge in [0.2, 0.25) is 5.78 Å². The number of anilines is 1. The topological polar surface area (TPSA) is 97.7 Å². The summed E-state index contributed by atoms with van der Waals surface area (Å²) in [4.78, 5) is 27.7. The lowest BCUT2D eigenvalue weighted by Gasteiger charge is -2.04. The molecule has 3 N–H and O–H groups in total. The van der Waals surface area contributed by atoms with Crippen molar-refractivity contribution >= 4 is 23.0 Å². The lowest BCUT2D eigenvalue weighted by atomic mass is 10.1. The van der Waals surface area contributed by atoms with E-state index in [1.807, 2.05) is 12.1 Å². The van der Waals surface area contributed by atoms with Gasteiger partial charge < -0.3 is 10.8 Å². The summed E-state index contributed by atoms with van der Waals surface area (Å²) in [6.07, 6.45) is 3.31. The van der Waals surface area contributed by atoms with Crippen molar-refractivity contribution in [3.05, 3.63) is 65.7 Å². The summed E-state index contributed by atoms with van der Waals surface area (Å²) in [6.45, 7) is 0. The first-order valence-electron chi connectivity index (χ1n) is 6.17. The molecular formula is C15H11N3O3. The monoisotopic (exact) mass is 281 g/mol. The third kappa shape index (κ3) is 2.12. The molecule has 6 heteroatoms. The predicted molar refractivity (Wildman–Crippen MR) is 76.4 cm³/mol. The van der Waals surface area contributed by atoms with Gasteiger partial charge in [-0.3, -0.25) is 9.20 Å². The molecule has 3 rings (SSSR count). The first-order chi connectivity index (χ1) is 10.1. The van der Waals surface area contributed by atoms with Gasteiger partial charge in [-0.2, -0.15) is 0 Å². The van der Waals surface area contributed by atoms with Crippen molar-refractivity contribution in [3.8, 4) is 0 Å². The molecule has 2 aromatic heterocycles. The summed E-state index contributed by atoms with van der Waals surface area (Å²) in [6, 6.07) is 9.63. The molecule has 0 aliphatic heterocycles. The van der Waals surface area contributed by atoms with Crippen LogP contribution in [0.15, 0.2) is 48.8 Å². The highest BCUT2D eigenvalue weighted by molar-refractivity contribution is 6.09. The van der Waals surface area contributed by atoms with Gasteiger partial charge in [-0.1, -0.05) is 6.07 Å². The van der Waals surface area contributed by atoms with Gasteiger partial charge in [0.15, 0.2) is 5.82 Å². The van der Waals surface area contributed by atoms with Crippen LogP contribution in [0.2, 0.25) is 0 Å². The molecule has 0 fully saturated rings. The number of carbonyl (C=O) groups excluding carboxylic acids is 1. The molecule has 21 heavy (non-hydrogen) atoms. The Morgan fingerprint density at radius 1 is 1.19 bits per heavy atom. The summed E-state index contributed by atoms with van der Waals surface area (Å²) in [5.41, 5.74) is 6.63. The minimum absolute atomic E-state index is 0.0956. The summed E-state index contributed by atoms with van der Waals surface area (Å²) < 4.78 is 1.65. The Balaban J connectivity index is 2.10. The number of nitrogens with zero attached hydrogens (tertiary/aromatic N) is 2. The number of carbonyl (C=O) groups is 2. The number of benzene rings is 1. The smallest absolute Gasteiger partial charge is 0.337 e. The number of hydrogen-bond donors (Lipinski definition) is 2. The second-order valence-electron chi connectivity index (χ2n) is 4.51. The third-order valence-corrected chi connectivity index (χ3v) is 3.19. The molecule has 0 amide bonds. The van der Waals surface area contributed by atoms with Crippen molar-refractivity contribution < 1.29 is 14.7 Å². The van der Waals surface area contributed by atoms with Gasteiger partial charge in [0.25, 0.3) is 0 Å². The SMILES string of the molecule is Nc1ccc(C(=O)c2ncc3ccccn23)cc1C(=O)O. The van der Waals surface area contributed by atoms with Crippen LogP contribution in [0.25, 0.3) is 5.52 Å². The van der Waals surface area contributed by atoms with Gasteiger partial charge in [0.1, 0.15) is 0 Å². The van der Waals surface area contributed by atoms with E-state index in [2.05, 4.69) is 4.98 Å². The summed E-state index contributed by atoms with van der Waals surface area (Å²) in [7, 11) is 0. The van der Waals surface area contributed by atoms with Crippen molar-refractivity contribution in [2.24, 2.45) is 0 Å². The fourth-order valence-corrected chi connectivity index (χ4v) is 2.12. The largest absolute Gasteiger partial charge is 0.478 e. The number of pyridine rings is 1. The molecule has 0 radical (unpaired) electrons. The van der Waals surface area contributed by atoms with Crippen molar-refractivity contribution in [1.82, 2.24) is 9.38 Å². The fourth-order valence-electron chi connectivity index (χ4n) is 2.12. The van der Waals surface area contributed by atoms with Gasteiger partial charge in [-0.25, -0.2) is 9.78 Å². The van der Waals surface area contributed by atoms with Crippen LogP contribution in [0.1, 0.15) is 26.5 Å². The van der Waals surface area contributed by atoms with Gasteiger partial charge in [0.05, 0.1) is 17.3 Å². The van der Waals surface area contributed by atoms with Crippen molar-refractivity contribution in [2.45, 2.75) is 0 Å². The van der Waals surface area contributed by atoms with Gasteiger partial charge in [-0.15, -0.1) is 0 Å². The van der Waals surface area contributed by atoms with E-state index >= 15 is 0 Å². The van der Waals surface area contributed by atoms with E-state index in [1.165, 1.54) is 18.2 Å². The van der Waals surface area contributed by atoms with Gasteiger partial charge in [0, 0.05) is 17.4 Å². The van der Waals surface area contributed by atoms with Gasteiger partial charge >= 0.3 is 5.97 Å². The lowest BCUT2D eigenvalue weighted by Crippen LogP contribution is -2.10.